The molecule has 600 valence electrons. The lowest BCUT2D eigenvalue weighted by Gasteiger charge is -2.21. The molecular weight excluding hydrogens is 1330 g/mol. The van der Waals surface area contributed by atoms with Crippen molar-refractivity contribution in [2.24, 2.45) is 0 Å². The van der Waals surface area contributed by atoms with E-state index in [9.17, 15) is 43.2 Å². The predicted molar refractivity (Wildman–Crippen MR) is 418 cm³/mol. The van der Waals surface area contributed by atoms with Gasteiger partial charge >= 0.3 is 39.5 Å². The minimum absolute atomic E-state index is 0.0899. The molecule has 0 aliphatic rings. The Hall–Kier alpha value is -2.72. The molecule has 5 atom stereocenters. The van der Waals surface area contributed by atoms with Crippen LogP contribution >= 0.6 is 15.6 Å². The average molecular weight is 1490 g/mol. The molecule has 0 fully saturated rings. The molecule has 17 nitrogen and oxygen atoms in total. The molecule has 0 bridgehead atoms. The van der Waals surface area contributed by atoms with E-state index >= 15 is 0 Å². The van der Waals surface area contributed by atoms with Crippen molar-refractivity contribution < 1.29 is 80.2 Å². The quantitative estimate of drug-likeness (QED) is 0.0169. The molecule has 0 radical (unpaired) electrons. The van der Waals surface area contributed by atoms with Gasteiger partial charge < -0.3 is 33.8 Å². The number of unbranched alkanes of at least 4 members (excludes halogenated alkanes) is 49. The molecule has 0 rings (SSSR count). The first kappa shape index (κ1) is 99.3. The molecule has 0 saturated carbocycles. The lowest BCUT2D eigenvalue weighted by molar-refractivity contribution is -0.161. The van der Waals surface area contributed by atoms with E-state index in [4.69, 9.17) is 37.0 Å². The summed E-state index contributed by atoms with van der Waals surface area (Å²) in [6.45, 7) is 4.95. The Morgan fingerprint density at radius 1 is 0.265 bits per heavy atom. The van der Waals surface area contributed by atoms with Crippen LogP contribution in [0.15, 0.2) is 36.5 Å². The maximum atomic E-state index is 13.1. The third-order valence-electron chi connectivity index (χ3n) is 18.6. The Balaban J connectivity index is 5.32. The van der Waals surface area contributed by atoms with Crippen LogP contribution < -0.4 is 0 Å². The fraction of sp³-hybridized carbons (Fsp3) is 0.880. The maximum Gasteiger partial charge on any atom is 0.472 e. The third-order valence-corrected chi connectivity index (χ3v) is 20.5. The maximum absolute atomic E-state index is 13.1. The van der Waals surface area contributed by atoms with Crippen molar-refractivity contribution in [3.8, 4) is 0 Å². The third kappa shape index (κ3) is 75.5. The lowest BCUT2D eigenvalue weighted by Crippen LogP contribution is -2.30. The second-order valence-electron chi connectivity index (χ2n) is 28.8. The number of carbonyl (C=O) groups is 4. The molecule has 3 N–H and O–H groups in total. The van der Waals surface area contributed by atoms with E-state index in [1.54, 1.807) is 0 Å². The summed E-state index contributed by atoms with van der Waals surface area (Å²) in [5.74, 6) is -2.15. The standard InChI is InChI=1S/C83H156O17P2/c1-5-9-13-17-21-25-29-33-37-38-42-46-50-54-58-62-66-70-83(88)100-79(74-94-81(86)68-64-60-56-52-48-44-40-35-31-27-23-19-15-11-7-3)76-98-102(91,92)96-72-77(84)71-95-101(89,90)97-75-78(99-82(87)69-65-61-57-53-49-45-41-36-32-28-24-20-16-12-8-4)73-93-80(85)67-63-59-55-51-47-43-39-34-30-26-22-18-14-10-6-2/h34-36,39-41,77-79,84H,5-33,37-38,42-76H2,1-4H3,(H,89,90)(H,91,92)/b39-34-,40-35-,41-36-/t77-,78+,79+/m0/s1. The zero-order valence-electron chi connectivity index (χ0n) is 65.8. The van der Waals surface area contributed by atoms with Crippen molar-refractivity contribution >= 4 is 39.5 Å². The summed E-state index contributed by atoms with van der Waals surface area (Å²) in [7, 11) is -9.94. The number of esters is 4. The fourth-order valence-corrected chi connectivity index (χ4v) is 13.7. The Bertz CT molecular complexity index is 2070. The molecule has 0 aliphatic heterocycles. The van der Waals surface area contributed by atoms with Crippen molar-refractivity contribution in [3.63, 3.8) is 0 Å². The van der Waals surface area contributed by atoms with Gasteiger partial charge in [0.15, 0.2) is 12.2 Å². The van der Waals surface area contributed by atoms with Crippen LogP contribution in [0.5, 0.6) is 0 Å². The Kier molecular flexibility index (Phi) is 74.4. The molecule has 2 unspecified atom stereocenters. The molecule has 0 aliphatic carbocycles. The second-order valence-corrected chi connectivity index (χ2v) is 31.7. The molecule has 19 heteroatoms. The Morgan fingerprint density at radius 3 is 0.676 bits per heavy atom. The van der Waals surface area contributed by atoms with Crippen LogP contribution in [-0.4, -0.2) is 96.7 Å². The van der Waals surface area contributed by atoms with Crippen LogP contribution in [0.3, 0.4) is 0 Å². The van der Waals surface area contributed by atoms with Gasteiger partial charge in [0.1, 0.15) is 19.3 Å². The van der Waals surface area contributed by atoms with Gasteiger partial charge in [0.05, 0.1) is 26.4 Å². The predicted octanol–water partition coefficient (Wildman–Crippen LogP) is 24.7. The largest absolute Gasteiger partial charge is 0.472 e. The zero-order valence-corrected chi connectivity index (χ0v) is 67.6. The number of carbonyl (C=O) groups excluding carboxylic acids is 4. The lowest BCUT2D eigenvalue weighted by atomic mass is 10.0. The average Bonchev–Trinajstić information content (AvgIpc) is 0.922. The van der Waals surface area contributed by atoms with E-state index in [0.717, 1.165) is 141 Å². The number of aliphatic hydroxyl groups excluding tert-OH is 1. The Labute approximate surface area is 624 Å². The van der Waals surface area contributed by atoms with Gasteiger partial charge in [-0.2, -0.15) is 0 Å². The molecular formula is C83H156O17P2. The normalized spacial score (nSPS) is 14.0. The van der Waals surface area contributed by atoms with E-state index in [0.29, 0.717) is 25.7 Å². The summed E-state index contributed by atoms with van der Waals surface area (Å²) in [4.78, 5) is 73.1. The molecule has 0 saturated heterocycles. The highest BCUT2D eigenvalue weighted by Gasteiger charge is 2.30. The van der Waals surface area contributed by atoms with Crippen molar-refractivity contribution in [1.82, 2.24) is 0 Å². The second kappa shape index (κ2) is 76.5. The smallest absolute Gasteiger partial charge is 0.462 e. The number of hydrogen-bond acceptors (Lipinski definition) is 15. The van der Waals surface area contributed by atoms with Gasteiger partial charge in [0.2, 0.25) is 0 Å². The van der Waals surface area contributed by atoms with Crippen molar-refractivity contribution in [3.05, 3.63) is 36.5 Å². The van der Waals surface area contributed by atoms with Gasteiger partial charge in [-0.25, -0.2) is 9.13 Å². The van der Waals surface area contributed by atoms with Crippen LogP contribution in [0, 0.1) is 0 Å². The minimum Gasteiger partial charge on any atom is -0.462 e. The summed E-state index contributed by atoms with van der Waals surface area (Å²) in [5, 5.41) is 10.7. The van der Waals surface area contributed by atoms with E-state index in [1.165, 1.54) is 193 Å². The highest BCUT2D eigenvalue weighted by molar-refractivity contribution is 7.47. The number of aliphatic hydroxyl groups is 1. The number of hydrogen-bond donors (Lipinski definition) is 3. The van der Waals surface area contributed by atoms with E-state index < -0.39 is 97.5 Å². The number of phosphoric ester groups is 2. The molecule has 102 heavy (non-hydrogen) atoms. The van der Waals surface area contributed by atoms with Gasteiger partial charge in [-0.15, -0.1) is 0 Å². The van der Waals surface area contributed by atoms with E-state index in [1.807, 2.05) is 0 Å². The van der Waals surface area contributed by atoms with Crippen LogP contribution in [0.25, 0.3) is 0 Å². The number of rotatable bonds is 81. The number of ether oxygens (including phenoxy) is 4. The molecule has 0 spiro atoms. The first-order chi connectivity index (χ1) is 49.7. The molecule has 0 aromatic heterocycles. The molecule has 0 heterocycles. The van der Waals surface area contributed by atoms with Crippen molar-refractivity contribution in [2.75, 3.05) is 39.6 Å². The summed E-state index contributed by atoms with van der Waals surface area (Å²) in [6, 6.07) is 0. The van der Waals surface area contributed by atoms with Crippen LogP contribution in [-0.2, 0) is 65.4 Å². The Morgan fingerprint density at radius 2 is 0.451 bits per heavy atom. The van der Waals surface area contributed by atoms with Crippen molar-refractivity contribution in [1.29, 1.82) is 0 Å². The summed E-state index contributed by atoms with van der Waals surface area (Å²) in [5.41, 5.74) is 0. The minimum atomic E-state index is -4.97. The van der Waals surface area contributed by atoms with Gasteiger partial charge in [0, 0.05) is 25.7 Å². The van der Waals surface area contributed by atoms with Gasteiger partial charge in [-0.3, -0.25) is 37.3 Å². The number of allylic oxidation sites excluding steroid dienone is 6. The molecule has 0 aromatic carbocycles. The van der Waals surface area contributed by atoms with Crippen LogP contribution in [0.2, 0.25) is 0 Å². The summed E-state index contributed by atoms with van der Waals surface area (Å²) in [6.07, 6.45) is 73.9. The SMILES string of the molecule is CCCCCCCC/C=C\CCCCCCCC(=O)OC[C@H](COP(=O)(O)OC[C@H](O)COP(=O)(O)OC[C@@H](COC(=O)CCCCCCC/C=C\CCCCCCCC)OC(=O)CCCCCCCCCCCCCCCCCCC)OC(=O)CCCCCCC/C=C\CCCCCCCC. The van der Waals surface area contributed by atoms with Crippen molar-refractivity contribution in [2.45, 2.75) is 431 Å². The fourth-order valence-electron chi connectivity index (χ4n) is 12.1. The van der Waals surface area contributed by atoms with Gasteiger partial charge in [-0.1, -0.05) is 321 Å². The van der Waals surface area contributed by atoms with Crippen LogP contribution in [0.4, 0.5) is 0 Å². The van der Waals surface area contributed by atoms with E-state index in [-0.39, 0.29) is 25.7 Å². The zero-order chi connectivity index (χ0) is 74.6. The first-order valence-corrected chi connectivity index (χ1v) is 45.2. The molecule has 0 amide bonds. The van der Waals surface area contributed by atoms with Gasteiger partial charge in [0.25, 0.3) is 0 Å². The number of phosphoric acid groups is 2. The van der Waals surface area contributed by atoms with Gasteiger partial charge in [-0.05, 0) is 103 Å². The monoisotopic (exact) mass is 1490 g/mol. The first-order valence-electron chi connectivity index (χ1n) is 42.2. The topological polar surface area (TPSA) is 237 Å². The summed E-state index contributed by atoms with van der Waals surface area (Å²) < 4.78 is 68.8. The summed E-state index contributed by atoms with van der Waals surface area (Å²) >= 11 is 0. The van der Waals surface area contributed by atoms with Crippen LogP contribution in [0.1, 0.15) is 413 Å². The highest BCUT2D eigenvalue weighted by atomic mass is 31.2. The van der Waals surface area contributed by atoms with E-state index in [2.05, 4.69) is 64.2 Å². The highest BCUT2D eigenvalue weighted by Crippen LogP contribution is 2.45. The molecule has 0 aromatic rings.